The molecular weight excluding hydrogens is 360 g/mol. The molecule has 0 saturated carbocycles. The van der Waals surface area contributed by atoms with Crippen molar-refractivity contribution >= 4 is 33.7 Å². The lowest BCUT2D eigenvalue weighted by atomic mass is 10.2. The van der Waals surface area contributed by atoms with Crippen LogP contribution in [0.3, 0.4) is 0 Å². The number of halogens is 1. The van der Waals surface area contributed by atoms with E-state index in [-0.39, 0.29) is 12.0 Å². The first-order chi connectivity index (χ1) is 10.1. The molecule has 6 nitrogen and oxygen atoms in total. The summed E-state index contributed by atoms with van der Waals surface area (Å²) in [5.41, 5.74) is 0.886. The van der Waals surface area contributed by atoms with Crippen LogP contribution in [0.5, 0.6) is 11.5 Å². The van der Waals surface area contributed by atoms with E-state index < -0.39 is 12.0 Å². The van der Waals surface area contributed by atoms with Crippen molar-refractivity contribution in [2.75, 3.05) is 19.5 Å². The van der Waals surface area contributed by atoms with Crippen molar-refractivity contribution in [3.05, 3.63) is 22.2 Å². The second-order valence-electron chi connectivity index (χ2n) is 4.25. The van der Waals surface area contributed by atoms with E-state index in [1.165, 1.54) is 18.9 Å². The molecule has 0 bridgehead atoms. The molecule has 1 aromatic carbocycles. The Morgan fingerprint density at radius 3 is 3.00 bits per heavy atom. The molecule has 2 rings (SSSR count). The number of carboxylic acids is 1. The quantitative estimate of drug-likeness (QED) is 0.817. The molecule has 0 spiro atoms. The maximum atomic E-state index is 11.0. The fraction of sp³-hybridized carbons (Fsp3) is 0.385. The molecule has 21 heavy (non-hydrogen) atoms. The van der Waals surface area contributed by atoms with Crippen LogP contribution in [0.15, 0.2) is 16.6 Å². The van der Waals surface area contributed by atoms with E-state index in [1.54, 1.807) is 6.07 Å². The van der Waals surface area contributed by atoms with E-state index in [1.807, 2.05) is 12.1 Å². The van der Waals surface area contributed by atoms with Crippen LogP contribution in [0.4, 0.5) is 0 Å². The zero-order valence-electron chi connectivity index (χ0n) is 11.1. The molecular formula is C13H13BrN2O4S. The van der Waals surface area contributed by atoms with E-state index >= 15 is 0 Å². The largest absolute Gasteiger partial charge is 0.493 e. The van der Waals surface area contributed by atoms with Crippen LogP contribution in [0, 0.1) is 11.3 Å². The number of hydrogen-bond acceptors (Lipinski definition) is 6. The smallest absolute Gasteiger partial charge is 0.321 e. The van der Waals surface area contributed by atoms with Crippen molar-refractivity contribution < 1.29 is 19.4 Å². The van der Waals surface area contributed by atoms with Crippen molar-refractivity contribution in [3.63, 3.8) is 0 Å². The van der Waals surface area contributed by atoms with Crippen LogP contribution < -0.4 is 14.8 Å². The van der Waals surface area contributed by atoms with Gasteiger partial charge >= 0.3 is 5.97 Å². The molecule has 1 heterocycles. The van der Waals surface area contributed by atoms with Gasteiger partial charge in [0.05, 0.1) is 17.0 Å². The van der Waals surface area contributed by atoms with Gasteiger partial charge in [-0.15, -0.1) is 11.8 Å². The van der Waals surface area contributed by atoms with E-state index in [0.717, 1.165) is 5.56 Å². The Morgan fingerprint density at radius 1 is 1.67 bits per heavy atom. The second-order valence-corrected chi connectivity index (χ2v) is 6.24. The van der Waals surface area contributed by atoms with Crippen molar-refractivity contribution in [3.8, 4) is 17.6 Å². The Bertz CT molecular complexity index is 590. The second kappa shape index (κ2) is 7.02. The number of aliphatic carboxylic acids is 1. The maximum Gasteiger partial charge on any atom is 0.321 e. The van der Waals surface area contributed by atoms with E-state index in [4.69, 9.17) is 19.8 Å². The van der Waals surface area contributed by atoms with Crippen LogP contribution in [-0.4, -0.2) is 36.6 Å². The number of methoxy groups -OCH3 is 1. The number of nitrogens with zero attached hydrogens (tertiary/aromatic N) is 1. The minimum atomic E-state index is -0.856. The predicted octanol–water partition coefficient (Wildman–Crippen LogP) is 2.15. The Balaban J connectivity index is 2.24. The van der Waals surface area contributed by atoms with Gasteiger partial charge in [-0.2, -0.15) is 5.26 Å². The molecule has 1 fully saturated rings. The highest BCUT2D eigenvalue weighted by atomic mass is 79.9. The van der Waals surface area contributed by atoms with Gasteiger partial charge in [0.25, 0.3) is 0 Å². The van der Waals surface area contributed by atoms with Crippen LogP contribution in [0.1, 0.15) is 10.9 Å². The molecule has 112 valence electrons. The predicted molar refractivity (Wildman–Crippen MR) is 81.6 cm³/mol. The first kappa shape index (κ1) is 15.9. The molecule has 0 aliphatic carbocycles. The van der Waals surface area contributed by atoms with Gasteiger partial charge in [0.1, 0.15) is 12.1 Å². The lowest BCUT2D eigenvalue weighted by molar-refractivity contribution is -0.138. The van der Waals surface area contributed by atoms with Gasteiger partial charge in [0.15, 0.2) is 18.1 Å². The Morgan fingerprint density at radius 2 is 2.43 bits per heavy atom. The Kier molecular flexibility index (Phi) is 5.33. The molecule has 1 saturated heterocycles. The maximum absolute atomic E-state index is 11.0. The zero-order chi connectivity index (χ0) is 15.4. The van der Waals surface area contributed by atoms with Gasteiger partial charge in [-0.25, -0.2) is 0 Å². The molecule has 1 aromatic rings. The fourth-order valence-corrected chi connectivity index (χ4v) is 3.73. The molecule has 1 aliphatic rings. The minimum absolute atomic E-state index is 0.0776. The average molecular weight is 373 g/mol. The van der Waals surface area contributed by atoms with E-state index in [9.17, 15) is 4.79 Å². The number of nitrogens with one attached hydrogen (secondary N) is 1. The van der Waals surface area contributed by atoms with Crippen LogP contribution in [-0.2, 0) is 4.79 Å². The summed E-state index contributed by atoms with van der Waals surface area (Å²) in [5.74, 6) is 0.605. The normalized spacial score (nSPS) is 20.8. The first-order valence-electron chi connectivity index (χ1n) is 6.04. The number of benzene rings is 1. The monoisotopic (exact) mass is 372 g/mol. The molecule has 2 N–H and O–H groups in total. The number of rotatable bonds is 5. The Labute approximate surface area is 134 Å². The van der Waals surface area contributed by atoms with Crippen LogP contribution >= 0.6 is 27.7 Å². The number of thioether (sulfide) groups is 1. The topological polar surface area (TPSA) is 91.6 Å². The summed E-state index contributed by atoms with van der Waals surface area (Å²) >= 11 is 4.91. The summed E-state index contributed by atoms with van der Waals surface area (Å²) in [6, 6.07) is 4.97. The fourth-order valence-electron chi connectivity index (χ4n) is 1.94. The number of ether oxygens (including phenoxy) is 2. The molecule has 0 amide bonds. The molecule has 1 aliphatic heterocycles. The third kappa shape index (κ3) is 3.61. The molecule has 0 aromatic heterocycles. The van der Waals surface area contributed by atoms with Crippen molar-refractivity contribution in [2.45, 2.75) is 11.4 Å². The third-order valence-corrected chi connectivity index (χ3v) is 4.77. The highest BCUT2D eigenvalue weighted by Crippen LogP contribution is 2.41. The third-order valence-electron chi connectivity index (χ3n) is 2.92. The molecule has 8 heteroatoms. The lowest BCUT2D eigenvalue weighted by Crippen LogP contribution is -2.33. The number of carbonyl (C=O) groups is 1. The van der Waals surface area contributed by atoms with Crippen LogP contribution in [0.25, 0.3) is 0 Å². The number of carboxylic acid groups (broad SMARTS) is 1. The summed E-state index contributed by atoms with van der Waals surface area (Å²) < 4.78 is 11.3. The minimum Gasteiger partial charge on any atom is -0.493 e. The summed E-state index contributed by atoms with van der Waals surface area (Å²) in [7, 11) is 1.51. The highest BCUT2D eigenvalue weighted by molar-refractivity contribution is 9.10. The van der Waals surface area contributed by atoms with Crippen molar-refractivity contribution in [2.24, 2.45) is 0 Å². The van der Waals surface area contributed by atoms with E-state index in [2.05, 4.69) is 21.2 Å². The van der Waals surface area contributed by atoms with Crippen LogP contribution in [0.2, 0.25) is 0 Å². The number of nitriles is 1. The average Bonchev–Trinajstić information content (AvgIpc) is 2.95. The van der Waals surface area contributed by atoms with Gasteiger partial charge in [0, 0.05) is 5.75 Å². The van der Waals surface area contributed by atoms with E-state index in [0.29, 0.717) is 21.7 Å². The SMILES string of the molecule is COc1cc([C@H]2N[C@@H](C(=O)O)CS2)cc(Br)c1OCC#N. The zero-order valence-corrected chi connectivity index (χ0v) is 13.5. The van der Waals surface area contributed by atoms with Gasteiger partial charge in [-0.3, -0.25) is 10.1 Å². The summed E-state index contributed by atoms with van der Waals surface area (Å²) in [6.07, 6.45) is 0. The summed E-state index contributed by atoms with van der Waals surface area (Å²) in [6.45, 7) is -0.0776. The van der Waals surface area contributed by atoms with Crippen molar-refractivity contribution in [1.29, 1.82) is 5.26 Å². The van der Waals surface area contributed by atoms with Crippen molar-refractivity contribution in [1.82, 2.24) is 5.32 Å². The molecule has 0 radical (unpaired) electrons. The number of hydrogen-bond donors (Lipinski definition) is 2. The van der Waals surface area contributed by atoms with Gasteiger partial charge in [-0.05, 0) is 33.6 Å². The lowest BCUT2D eigenvalue weighted by Gasteiger charge is -2.16. The highest BCUT2D eigenvalue weighted by Gasteiger charge is 2.31. The Hall–Kier alpha value is -1.43. The molecule has 2 atom stereocenters. The summed E-state index contributed by atoms with van der Waals surface area (Å²) in [5, 5.41) is 20.5. The molecule has 0 unspecified atom stereocenters. The van der Waals surface area contributed by atoms with Gasteiger partial charge < -0.3 is 14.6 Å². The summed E-state index contributed by atoms with van der Waals surface area (Å²) in [4.78, 5) is 11.0. The van der Waals surface area contributed by atoms with Gasteiger partial charge in [0.2, 0.25) is 0 Å². The van der Waals surface area contributed by atoms with Gasteiger partial charge in [-0.1, -0.05) is 0 Å². The standard InChI is InChI=1S/C13H13BrN2O4S/c1-19-10-5-7(4-8(14)11(10)20-3-2-15)12-16-9(6-21-12)13(17)18/h4-5,9,12,16H,3,6H2,1H3,(H,17,18)/t9-,12+/m1/s1. The first-order valence-corrected chi connectivity index (χ1v) is 7.88.